The van der Waals surface area contributed by atoms with E-state index in [0.717, 1.165) is 22.4 Å². The number of nitrogens with one attached hydrogen (secondary N) is 1. The minimum atomic E-state index is -1.00. The Morgan fingerprint density at radius 1 is 1.19 bits per heavy atom. The van der Waals surface area contributed by atoms with Gasteiger partial charge in [-0.25, -0.2) is 4.68 Å². The predicted molar refractivity (Wildman–Crippen MR) is 105 cm³/mol. The Bertz CT molecular complexity index is 967. The molecular formula is C21H26N4O2. The van der Waals surface area contributed by atoms with Gasteiger partial charge in [-0.1, -0.05) is 26.0 Å². The van der Waals surface area contributed by atoms with Gasteiger partial charge in [0.15, 0.2) is 0 Å². The Hall–Kier alpha value is -2.63. The van der Waals surface area contributed by atoms with Crippen LogP contribution in [0.5, 0.6) is 0 Å². The first-order valence-corrected chi connectivity index (χ1v) is 9.39. The molecule has 2 aliphatic rings. The molecule has 0 fully saturated rings. The highest BCUT2D eigenvalue weighted by atomic mass is 16.2. The van der Waals surface area contributed by atoms with Gasteiger partial charge in [-0.3, -0.25) is 9.59 Å². The molecule has 142 valence electrons. The van der Waals surface area contributed by atoms with E-state index in [2.05, 4.69) is 36.4 Å². The highest BCUT2D eigenvalue weighted by molar-refractivity contribution is 6.15. The molecule has 1 aromatic heterocycles. The smallest absolute Gasteiger partial charge is 0.242 e. The number of aromatic nitrogens is 2. The number of carbonyl (C=O) groups excluding carboxylic acids is 2. The second-order valence-corrected chi connectivity index (χ2v) is 8.92. The molecule has 1 atom stereocenters. The summed E-state index contributed by atoms with van der Waals surface area (Å²) < 4.78 is 1.80. The Kier molecular flexibility index (Phi) is 3.58. The normalized spacial score (nSPS) is 21.7. The van der Waals surface area contributed by atoms with Crippen LogP contribution >= 0.6 is 0 Å². The zero-order valence-corrected chi connectivity index (χ0v) is 16.8. The standard InChI is InChI=1S/C21H26N4O2/c1-12(2)13-7-8-16-14(9-13)21(19(27)24(16)6)10-17(26)23-18-15(21)11-22-25(18)20(3,4)5/h7-9,11-12H,10H2,1-6H3,(H,23,26)/t21-/m0/s1. The number of rotatable bonds is 1. The van der Waals surface area contributed by atoms with Crippen molar-refractivity contribution in [1.82, 2.24) is 9.78 Å². The number of anilines is 2. The molecule has 4 rings (SSSR count). The van der Waals surface area contributed by atoms with Crippen LogP contribution in [-0.2, 0) is 20.5 Å². The summed E-state index contributed by atoms with van der Waals surface area (Å²) in [5.74, 6) is 0.742. The monoisotopic (exact) mass is 366 g/mol. The topological polar surface area (TPSA) is 67.2 Å². The van der Waals surface area contributed by atoms with Crippen LogP contribution in [0.1, 0.15) is 63.6 Å². The van der Waals surface area contributed by atoms with Crippen LogP contribution in [0.3, 0.4) is 0 Å². The van der Waals surface area contributed by atoms with Crippen molar-refractivity contribution in [2.24, 2.45) is 0 Å². The molecule has 2 aromatic rings. The molecule has 1 aromatic carbocycles. The fraction of sp³-hybridized carbons (Fsp3) is 0.476. The Balaban J connectivity index is 2.03. The Morgan fingerprint density at radius 2 is 1.89 bits per heavy atom. The third-order valence-electron chi connectivity index (χ3n) is 5.73. The van der Waals surface area contributed by atoms with Gasteiger partial charge in [-0.15, -0.1) is 0 Å². The summed E-state index contributed by atoms with van der Waals surface area (Å²) in [6.07, 6.45) is 1.86. The number of carbonyl (C=O) groups is 2. The molecule has 0 saturated heterocycles. The number of benzene rings is 1. The molecule has 6 heteroatoms. The SMILES string of the molecule is CC(C)c1ccc2c(c1)[C@]1(CC(=O)Nc3c1cnn3C(C)(C)C)C(=O)N2C. The van der Waals surface area contributed by atoms with E-state index < -0.39 is 5.41 Å². The molecule has 0 saturated carbocycles. The molecular weight excluding hydrogens is 340 g/mol. The molecule has 2 aliphatic heterocycles. The van der Waals surface area contributed by atoms with Gasteiger partial charge in [0, 0.05) is 24.7 Å². The fourth-order valence-electron chi connectivity index (χ4n) is 4.29. The predicted octanol–water partition coefficient (Wildman–Crippen LogP) is 3.37. The van der Waals surface area contributed by atoms with E-state index in [1.54, 1.807) is 22.8 Å². The second kappa shape index (κ2) is 5.44. The average molecular weight is 366 g/mol. The third-order valence-corrected chi connectivity index (χ3v) is 5.73. The van der Waals surface area contributed by atoms with Crippen molar-refractivity contribution in [3.63, 3.8) is 0 Å². The van der Waals surface area contributed by atoms with E-state index in [9.17, 15) is 9.59 Å². The highest BCUT2D eigenvalue weighted by Crippen LogP contribution is 2.52. The van der Waals surface area contributed by atoms with Crippen molar-refractivity contribution in [2.75, 3.05) is 17.3 Å². The molecule has 1 N–H and O–H groups in total. The number of hydrogen-bond donors (Lipinski definition) is 1. The molecule has 0 aliphatic carbocycles. The number of likely N-dealkylation sites (N-methyl/N-ethyl adjacent to an activating group) is 1. The number of hydrogen-bond acceptors (Lipinski definition) is 3. The first-order chi connectivity index (χ1) is 12.6. The molecule has 0 radical (unpaired) electrons. The van der Waals surface area contributed by atoms with Crippen LogP contribution in [0, 0.1) is 0 Å². The molecule has 1 spiro atoms. The Labute approximate surface area is 159 Å². The summed E-state index contributed by atoms with van der Waals surface area (Å²) in [5, 5.41) is 7.50. The van der Waals surface area contributed by atoms with Gasteiger partial charge in [0.2, 0.25) is 11.8 Å². The first-order valence-electron chi connectivity index (χ1n) is 9.39. The van der Waals surface area contributed by atoms with Crippen molar-refractivity contribution in [1.29, 1.82) is 0 Å². The van der Waals surface area contributed by atoms with Crippen molar-refractivity contribution in [2.45, 2.75) is 57.9 Å². The molecule has 2 amide bonds. The van der Waals surface area contributed by atoms with E-state index in [1.807, 2.05) is 26.8 Å². The van der Waals surface area contributed by atoms with Gasteiger partial charge < -0.3 is 10.2 Å². The molecule has 0 unspecified atom stereocenters. The molecule has 27 heavy (non-hydrogen) atoms. The minimum absolute atomic E-state index is 0.0667. The molecule has 6 nitrogen and oxygen atoms in total. The molecule has 3 heterocycles. The quantitative estimate of drug-likeness (QED) is 0.841. The third kappa shape index (κ3) is 2.28. The van der Waals surface area contributed by atoms with Crippen LogP contribution in [0.2, 0.25) is 0 Å². The zero-order valence-electron chi connectivity index (χ0n) is 16.8. The van der Waals surface area contributed by atoms with E-state index in [-0.39, 0.29) is 23.8 Å². The summed E-state index contributed by atoms with van der Waals surface area (Å²) >= 11 is 0. The molecule has 0 bridgehead atoms. The van der Waals surface area contributed by atoms with Crippen LogP contribution < -0.4 is 10.2 Å². The van der Waals surface area contributed by atoms with Gasteiger partial charge in [0.05, 0.1) is 11.7 Å². The first kappa shape index (κ1) is 17.8. The minimum Gasteiger partial charge on any atom is -0.314 e. The van der Waals surface area contributed by atoms with E-state index in [1.165, 1.54) is 0 Å². The maximum atomic E-state index is 13.5. The van der Waals surface area contributed by atoms with Crippen molar-refractivity contribution >= 4 is 23.3 Å². The maximum Gasteiger partial charge on any atom is 0.242 e. The van der Waals surface area contributed by atoms with Crippen LogP contribution in [0.4, 0.5) is 11.5 Å². The highest BCUT2D eigenvalue weighted by Gasteiger charge is 2.56. The van der Waals surface area contributed by atoms with Crippen molar-refractivity contribution in [3.8, 4) is 0 Å². The summed E-state index contributed by atoms with van der Waals surface area (Å²) in [6.45, 7) is 10.3. The lowest BCUT2D eigenvalue weighted by Crippen LogP contribution is -2.46. The van der Waals surface area contributed by atoms with E-state index in [4.69, 9.17) is 0 Å². The van der Waals surface area contributed by atoms with Crippen LogP contribution in [0.25, 0.3) is 0 Å². The zero-order chi connectivity index (χ0) is 19.7. The van der Waals surface area contributed by atoms with Crippen LogP contribution in [0.15, 0.2) is 24.4 Å². The second-order valence-electron chi connectivity index (χ2n) is 8.92. The summed E-state index contributed by atoms with van der Waals surface area (Å²) in [4.78, 5) is 27.9. The lowest BCUT2D eigenvalue weighted by molar-refractivity contribution is -0.126. The van der Waals surface area contributed by atoms with Gasteiger partial charge >= 0.3 is 0 Å². The van der Waals surface area contributed by atoms with Crippen LogP contribution in [-0.4, -0.2) is 28.6 Å². The summed E-state index contributed by atoms with van der Waals surface area (Å²) in [6, 6.07) is 6.16. The van der Waals surface area contributed by atoms with E-state index in [0.29, 0.717) is 11.7 Å². The number of nitrogens with zero attached hydrogens (tertiary/aromatic N) is 3. The lowest BCUT2D eigenvalue weighted by atomic mass is 9.71. The lowest BCUT2D eigenvalue weighted by Gasteiger charge is -2.34. The maximum absolute atomic E-state index is 13.5. The number of fused-ring (bicyclic) bond motifs is 4. The summed E-state index contributed by atoms with van der Waals surface area (Å²) in [7, 11) is 1.78. The van der Waals surface area contributed by atoms with Gasteiger partial charge in [-0.05, 0) is 43.9 Å². The fourth-order valence-corrected chi connectivity index (χ4v) is 4.29. The average Bonchev–Trinajstić information content (AvgIpc) is 3.10. The van der Waals surface area contributed by atoms with Gasteiger partial charge in [0.25, 0.3) is 0 Å². The van der Waals surface area contributed by atoms with Crippen molar-refractivity contribution < 1.29 is 9.59 Å². The largest absolute Gasteiger partial charge is 0.314 e. The van der Waals surface area contributed by atoms with Gasteiger partial charge in [0.1, 0.15) is 11.2 Å². The Morgan fingerprint density at radius 3 is 2.52 bits per heavy atom. The van der Waals surface area contributed by atoms with E-state index >= 15 is 0 Å². The van der Waals surface area contributed by atoms with Crippen molar-refractivity contribution in [3.05, 3.63) is 41.1 Å². The summed E-state index contributed by atoms with van der Waals surface area (Å²) in [5.41, 5.74) is 2.41. The van der Waals surface area contributed by atoms with Gasteiger partial charge in [-0.2, -0.15) is 5.10 Å². The number of amides is 2.